The Morgan fingerprint density at radius 2 is 2.09 bits per heavy atom. The van der Waals surface area contributed by atoms with Crippen molar-refractivity contribution in [2.24, 2.45) is 0 Å². The molecule has 0 fully saturated rings. The molecule has 0 radical (unpaired) electrons. The molecular weight excluding hydrogens is 276 g/mol. The quantitative estimate of drug-likeness (QED) is 0.480. The van der Waals surface area contributed by atoms with Crippen molar-refractivity contribution in [3.05, 3.63) is 71.3 Å². The third kappa shape index (κ3) is 2.68. The molecule has 0 spiro atoms. The largest absolute Gasteiger partial charge is 0.435 e. The van der Waals surface area contributed by atoms with E-state index in [9.17, 15) is 4.79 Å². The van der Waals surface area contributed by atoms with E-state index in [0.717, 1.165) is 5.57 Å². The first-order valence-electron chi connectivity index (χ1n) is 7.19. The fourth-order valence-electron chi connectivity index (χ4n) is 2.58. The summed E-state index contributed by atoms with van der Waals surface area (Å²) in [5.41, 5.74) is 4.52. The fraction of sp³-hybridized carbons (Fsp3) is 0.211. The Morgan fingerprint density at radius 1 is 1.32 bits per heavy atom. The highest BCUT2D eigenvalue weighted by molar-refractivity contribution is 5.98. The molecule has 0 heterocycles. The lowest BCUT2D eigenvalue weighted by atomic mass is 9.90. The average Bonchev–Trinajstić information content (AvgIpc) is 2.84. The second kappa shape index (κ2) is 5.43. The van der Waals surface area contributed by atoms with Gasteiger partial charge in [-0.3, -0.25) is 0 Å². The SMILES string of the molecule is C=C(C)C(=O)OCOC1(C)C=CC2=Cc3ccccc3C2=C1. The zero-order valence-corrected chi connectivity index (χ0v) is 12.8. The van der Waals surface area contributed by atoms with Crippen LogP contribution < -0.4 is 0 Å². The molecule has 0 amide bonds. The van der Waals surface area contributed by atoms with Gasteiger partial charge in [0.2, 0.25) is 0 Å². The van der Waals surface area contributed by atoms with E-state index in [4.69, 9.17) is 9.47 Å². The van der Waals surface area contributed by atoms with Gasteiger partial charge in [-0.15, -0.1) is 0 Å². The van der Waals surface area contributed by atoms with Crippen LogP contribution >= 0.6 is 0 Å². The normalized spacial score (nSPS) is 21.5. The van der Waals surface area contributed by atoms with Gasteiger partial charge in [-0.05, 0) is 54.3 Å². The summed E-state index contributed by atoms with van der Waals surface area (Å²) < 4.78 is 10.8. The van der Waals surface area contributed by atoms with Gasteiger partial charge in [-0.2, -0.15) is 0 Å². The van der Waals surface area contributed by atoms with E-state index < -0.39 is 11.6 Å². The predicted octanol–water partition coefficient (Wildman–Crippen LogP) is 3.89. The topological polar surface area (TPSA) is 35.5 Å². The standard InChI is InChI=1S/C19H18O3/c1-13(2)18(20)21-12-22-19(3)9-8-15-10-14-6-4-5-7-16(14)17(15)11-19/h4-11H,1,12H2,2-3H3. The van der Waals surface area contributed by atoms with Crippen LogP contribution in [0.2, 0.25) is 0 Å². The van der Waals surface area contributed by atoms with Crippen molar-refractivity contribution < 1.29 is 14.3 Å². The number of fused-ring (bicyclic) bond motifs is 3. The summed E-state index contributed by atoms with van der Waals surface area (Å²) in [7, 11) is 0. The molecule has 0 bridgehead atoms. The van der Waals surface area contributed by atoms with E-state index in [0.29, 0.717) is 5.57 Å². The Kier molecular flexibility index (Phi) is 3.59. The molecule has 0 saturated carbocycles. The van der Waals surface area contributed by atoms with E-state index in [1.807, 2.05) is 25.1 Å². The number of benzene rings is 1. The van der Waals surface area contributed by atoms with Gasteiger partial charge in [0.05, 0.1) is 0 Å². The minimum atomic E-state index is -0.598. The predicted molar refractivity (Wildman–Crippen MR) is 86.8 cm³/mol. The van der Waals surface area contributed by atoms with Gasteiger partial charge in [0.25, 0.3) is 0 Å². The molecule has 1 atom stereocenters. The first kappa shape index (κ1) is 14.5. The zero-order valence-electron chi connectivity index (χ0n) is 12.8. The van der Waals surface area contributed by atoms with Crippen LogP contribution in [0.25, 0.3) is 11.6 Å². The first-order valence-corrected chi connectivity index (χ1v) is 7.19. The molecule has 0 aliphatic heterocycles. The molecule has 0 saturated heterocycles. The summed E-state index contributed by atoms with van der Waals surface area (Å²) >= 11 is 0. The molecule has 0 N–H and O–H groups in total. The van der Waals surface area contributed by atoms with Gasteiger partial charge in [-0.25, -0.2) is 4.79 Å². The van der Waals surface area contributed by atoms with Gasteiger partial charge in [0, 0.05) is 5.57 Å². The van der Waals surface area contributed by atoms with Crippen LogP contribution in [0.1, 0.15) is 25.0 Å². The molecule has 3 rings (SSSR count). The Morgan fingerprint density at radius 3 is 2.86 bits per heavy atom. The number of hydrogen-bond acceptors (Lipinski definition) is 3. The minimum Gasteiger partial charge on any atom is -0.435 e. The van der Waals surface area contributed by atoms with Gasteiger partial charge >= 0.3 is 5.97 Å². The van der Waals surface area contributed by atoms with Crippen LogP contribution in [-0.4, -0.2) is 18.4 Å². The van der Waals surface area contributed by atoms with Gasteiger partial charge < -0.3 is 9.47 Å². The van der Waals surface area contributed by atoms with Crippen molar-refractivity contribution in [3.63, 3.8) is 0 Å². The van der Waals surface area contributed by atoms with Crippen LogP contribution in [0, 0.1) is 0 Å². The second-order valence-electron chi connectivity index (χ2n) is 5.74. The summed E-state index contributed by atoms with van der Waals surface area (Å²) in [4.78, 5) is 11.4. The molecule has 1 aromatic carbocycles. The van der Waals surface area contributed by atoms with Crippen molar-refractivity contribution in [1.82, 2.24) is 0 Å². The number of carbonyl (C=O) groups excluding carboxylic acids is 1. The Bertz CT molecular complexity index is 737. The highest BCUT2D eigenvalue weighted by Gasteiger charge is 2.28. The van der Waals surface area contributed by atoms with Crippen molar-refractivity contribution in [2.75, 3.05) is 6.79 Å². The molecular formula is C19H18O3. The molecule has 3 heteroatoms. The molecule has 112 valence electrons. The molecule has 2 aliphatic rings. The monoisotopic (exact) mass is 294 g/mol. The van der Waals surface area contributed by atoms with E-state index in [1.165, 1.54) is 16.7 Å². The Balaban J connectivity index is 1.76. The molecule has 3 nitrogen and oxygen atoms in total. The highest BCUT2D eigenvalue weighted by atomic mass is 16.7. The molecule has 0 aromatic heterocycles. The number of ether oxygens (including phenoxy) is 2. The van der Waals surface area contributed by atoms with Crippen LogP contribution in [0.5, 0.6) is 0 Å². The molecule has 1 unspecified atom stereocenters. The lowest BCUT2D eigenvalue weighted by molar-refractivity contribution is -0.157. The van der Waals surface area contributed by atoms with Crippen molar-refractivity contribution in [2.45, 2.75) is 19.4 Å². The molecule has 1 aromatic rings. The van der Waals surface area contributed by atoms with E-state index >= 15 is 0 Å². The van der Waals surface area contributed by atoms with Crippen LogP contribution in [0.3, 0.4) is 0 Å². The maximum Gasteiger partial charge on any atom is 0.335 e. The van der Waals surface area contributed by atoms with Crippen molar-refractivity contribution >= 4 is 17.6 Å². The maximum absolute atomic E-state index is 11.4. The summed E-state index contributed by atoms with van der Waals surface area (Å²) in [5, 5.41) is 0. The van der Waals surface area contributed by atoms with Gasteiger partial charge in [-0.1, -0.05) is 36.9 Å². The number of rotatable bonds is 4. The summed E-state index contributed by atoms with van der Waals surface area (Å²) in [6, 6.07) is 8.26. The number of esters is 1. The Hall–Kier alpha value is -2.39. The first-order chi connectivity index (χ1) is 10.5. The lowest BCUT2D eigenvalue weighted by Gasteiger charge is -2.27. The summed E-state index contributed by atoms with van der Waals surface area (Å²) in [6.45, 7) is 7.00. The smallest absolute Gasteiger partial charge is 0.335 e. The molecule has 22 heavy (non-hydrogen) atoms. The maximum atomic E-state index is 11.4. The fourth-order valence-corrected chi connectivity index (χ4v) is 2.58. The average molecular weight is 294 g/mol. The second-order valence-corrected chi connectivity index (χ2v) is 5.74. The minimum absolute atomic E-state index is 0.100. The highest BCUT2D eigenvalue weighted by Crippen LogP contribution is 2.41. The molecule has 2 aliphatic carbocycles. The van der Waals surface area contributed by atoms with Crippen molar-refractivity contribution in [1.29, 1.82) is 0 Å². The van der Waals surface area contributed by atoms with E-state index in [1.54, 1.807) is 6.92 Å². The van der Waals surface area contributed by atoms with Crippen molar-refractivity contribution in [3.8, 4) is 0 Å². The van der Waals surface area contributed by atoms with Gasteiger partial charge in [0.15, 0.2) is 6.79 Å². The van der Waals surface area contributed by atoms with E-state index in [-0.39, 0.29) is 6.79 Å². The van der Waals surface area contributed by atoms with Crippen LogP contribution in [0.4, 0.5) is 0 Å². The number of allylic oxidation sites excluding steroid dienone is 3. The zero-order chi connectivity index (χ0) is 15.7. The van der Waals surface area contributed by atoms with Gasteiger partial charge in [0.1, 0.15) is 5.60 Å². The third-order valence-corrected chi connectivity index (χ3v) is 3.81. The number of carbonyl (C=O) groups is 1. The lowest BCUT2D eigenvalue weighted by Crippen LogP contribution is -2.27. The Labute approximate surface area is 130 Å². The summed E-state index contributed by atoms with van der Waals surface area (Å²) in [5.74, 6) is -0.442. The van der Waals surface area contributed by atoms with E-state index in [2.05, 4.69) is 36.9 Å². The number of hydrogen-bond donors (Lipinski definition) is 0. The summed E-state index contributed by atoms with van der Waals surface area (Å²) in [6.07, 6.45) is 8.26. The van der Waals surface area contributed by atoms with Crippen LogP contribution in [-0.2, 0) is 14.3 Å². The van der Waals surface area contributed by atoms with Crippen LogP contribution in [0.15, 0.2) is 60.2 Å². The third-order valence-electron chi connectivity index (χ3n) is 3.81.